The van der Waals surface area contributed by atoms with Gasteiger partial charge in [0, 0.05) is 36.8 Å². The molecule has 9 nitrogen and oxygen atoms in total. The molecule has 1 aliphatic rings. The van der Waals surface area contributed by atoms with Crippen molar-refractivity contribution in [3.63, 3.8) is 0 Å². The Balaban J connectivity index is 0.00000167. The lowest BCUT2D eigenvalue weighted by atomic mass is 10.2. The molecule has 1 amide bonds. The molecule has 3 aromatic rings. The molecule has 4 rings (SSSR count). The van der Waals surface area contributed by atoms with Crippen LogP contribution in [0.5, 0.6) is 5.75 Å². The third-order valence-electron chi connectivity index (χ3n) is 4.82. The van der Waals surface area contributed by atoms with Crippen LogP contribution in [0.4, 0.5) is 37.6 Å². The van der Waals surface area contributed by atoms with E-state index < -0.39 is 11.6 Å². The van der Waals surface area contributed by atoms with Crippen LogP contribution < -0.4 is 26.0 Å². The fourth-order valence-electron chi connectivity index (χ4n) is 3.23. The Kier molecular flexibility index (Phi) is 9.04. The number of aliphatic hydroxyl groups excluding tert-OH is 1. The second-order valence-electron chi connectivity index (χ2n) is 7.29. The van der Waals surface area contributed by atoms with Crippen molar-refractivity contribution in [3.8, 4) is 5.75 Å². The summed E-state index contributed by atoms with van der Waals surface area (Å²) < 4.78 is 34.4. The van der Waals surface area contributed by atoms with E-state index in [9.17, 15) is 13.6 Å². The van der Waals surface area contributed by atoms with Crippen molar-refractivity contribution in [1.82, 2.24) is 15.3 Å². The summed E-state index contributed by atoms with van der Waals surface area (Å²) in [6, 6.07) is 11.1. The highest BCUT2D eigenvalue weighted by molar-refractivity contribution is 5.99. The Hall–Kier alpha value is -4.09. The van der Waals surface area contributed by atoms with Gasteiger partial charge >= 0.3 is 0 Å². The van der Waals surface area contributed by atoms with Crippen LogP contribution in [0.25, 0.3) is 0 Å². The van der Waals surface area contributed by atoms with Crippen molar-refractivity contribution >= 4 is 34.7 Å². The highest BCUT2D eigenvalue weighted by atomic mass is 19.1. The largest absolute Gasteiger partial charge is 0.486 e. The summed E-state index contributed by atoms with van der Waals surface area (Å²) in [5, 5.41) is 18.5. The standard InChI is InChI=1S/C23H22F2N6O2.CH4O/c1-2-21(32)28-14-4-3-5-15(10-14)29-22-19(25)13-27-23(31-22)30-16-6-7-20(18(24)11-16)33-17-8-9-26-12-17;1-2/h2-7,10-11,13,17,26H,1,8-9,12H2,(H,28,32)(H2,27,29,30,31);2H,1H3. The van der Waals surface area contributed by atoms with Gasteiger partial charge in [-0.1, -0.05) is 12.6 Å². The Bertz CT molecular complexity index is 1170. The third kappa shape index (κ3) is 7.19. The lowest BCUT2D eigenvalue weighted by Gasteiger charge is -2.14. The predicted molar refractivity (Wildman–Crippen MR) is 130 cm³/mol. The van der Waals surface area contributed by atoms with E-state index in [0.717, 1.165) is 32.3 Å². The first kappa shape index (κ1) is 25.5. The van der Waals surface area contributed by atoms with Crippen molar-refractivity contribution in [1.29, 1.82) is 0 Å². The van der Waals surface area contributed by atoms with Gasteiger partial charge in [-0.3, -0.25) is 4.79 Å². The molecular weight excluding hydrogens is 458 g/mol. The second-order valence-corrected chi connectivity index (χ2v) is 7.29. The van der Waals surface area contributed by atoms with Crippen LogP contribution in [-0.4, -0.2) is 47.3 Å². The van der Waals surface area contributed by atoms with E-state index in [1.807, 2.05) is 0 Å². The number of carbonyl (C=O) groups excluding carboxylic acids is 1. The molecule has 0 spiro atoms. The number of halogens is 2. The number of ether oxygens (including phenoxy) is 1. The monoisotopic (exact) mass is 484 g/mol. The maximum Gasteiger partial charge on any atom is 0.247 e. The third-order valence-corrected chi connectivity index (χ3v) is 4.82. The number of hydrogen-bond donors (Lipinski definition) is 5. The number of carbonyl (C=O) groups is 1. The van der Waals surface area contributed by atoms with Crippen molar-refractivity contribution in [3.05, 3.63) is 73.0 Å². The van der Waals surface area contributed by atoms with Gasteiger partial charge in [-0.15, -0.1) is 0 Å². The van der Waals surface area contributed by atoms with Crippen molar-refractivity contribution < 1.29 is 23.4 Å². The minimum absolute atomic E-state index is 0.0593. The summed E-state index contributed by atoms with van der Waals surface area (Å²) in [6.45, 7) is 4.93. The van der Waals surface area contributed by atoms with E-state index in [1.165, 1.54) is 12.1 Å². The van der Waals surface area contributed by atoms with Crippen LogP contribution in [0.3, 0.4) is 0 Å². The summed E-state index contributed by atoms with van der Waals surface area (Å²) in [5.41, 5.74) is 1.38. The molecule has 0 radical (unpaired) electrons. The van der Waals surface area contributed by atoms with Gasteiger partial charge in [-0.25, -0.2) is 13.8 Å². The number of anilines is 5. The molecule has 184 valence electrons. The second kappa shape index (κ2) is 12.4. The van der Waals surface area contributed by atoms with Crippen LogP contribution >= 0.6 is 0 Å². The number of benzene rings is 2. The topological polar surface area (TPSA) is 120 Å². The average Bonchev–Trinajstić information content (AvgIpc) is 3.38. The van der Waals surface area contributed by atoms with Gasteiger partial charge in [0.05, 0.1) is 6.20 Å². The molecule has 0 saturated carbocycles. The molecule has 1 atom stereocenters. The number of aromatic nitrogens is 2. The summed E-state index contributed by atoms with van der Waals surface area (Å²) >= 11 is 0. The van der Waals surface area contributed by atoms with Gasteiger partial charge < -0.3 is 31.1 Å². The molecular formula is C24H26F2N6O3. The van der Waals surface area contributed by atoms with E-state index in [4.69, 9.17) is 9.84 Å². The van der Waals surface area contributed by atoms with Crippen LogP contribution in [0.1, 0.15) is 6.42 Å². The Morgan fingerprint density at radius 3 is 2.63 bits per heavy atom. The summed E-state index contributed by atoms with van der Waals surface area (Å²) in [5.74, 6) is -1.42. The van der Waals surface area contributed by atoms with Gasteiger partial charge in [0.25, 0.3) is 0 Å². The van der Waals surface area contributed by atoms with E-state index in [-0.39, 0.29) is 29.5 Å². The van der Waals surface area contributed by atoms with Gasteiger partial charge in [0.15, 0.2) is 23.2 Å². The summed E-state index contributed by atoms with van der Waals surface area (Å²) in [6.07, 6.45) is 2.91. The summed E-state index contributed by atoms with van der Waals surface area (Å²) in [7, 11) is 1.00. The first-order valence-corrected chi connectivity index (χ1v) is 10.7. The normalized spacial score (nSPS) is 14.3. The molecule has 5 N–H and O–H groups in total. The number of nitrogens with one attached hydrogen (secondary N) is 4. The molecule has 11 heteroatoms. The molecule has 1 fully saturated rings. The van der Waals surface area contributed by atoms with Crippen LogP contribution in [-0.2, 0) is 4.79 Å². The van der Waals surface area contributed by atoms with Crippen molar-refractivity contribution in [2.45, 2.75) is 12.5 Å². The smallest absolute Gasteiger partial charge is 0.247 e. The minimum Gasteiger partial charge on any atom is -0.486 e. The maximum absolute atomic E-state index is 14.5. The van der Waals surface area contributed by atoms with Crippen LogP contribution in [0.2, 0.25) is 0 Å². The lowest BCUT2D eigenvalue weighted by Crippen LogP contribution is -2.20. The number of hydrogen-bond acceptors (Lipinski definition) is 8. The highest BCUT2D eigenvalue weighted by Gasteiger charge is 2.18. The fourth-order valence-corrected chi connectivity index (χ4v) is 3.23. The Morgan fingerprint density at radius 1 is 1.14 bits per heavy atom. The van der Waals surface area contributed by atoms with Crippen molar-refractivity contribution in [2.24, 2.45) is 0 Å². The maximum atomic E-state index is 14.5. The van der Waals surface area contributed by atoms with E-state index in [1.54, 1.807) is 30.3 Å². The molecule has 2 aromatic carbocycles. The molecule has 35 heavy (non-hydrogen) atoms. The molecule has 2 heterocycles. The lowest BCUT2D eigenvalue weighted by molar-refractivity contribution is -0.111. The van der Waals surface area contributed by atoms with Crippen molar-refractivity contribution in [2.75, 3.05) is 36.1 Å². The first-order chi connectivity index (χ1) is 17.0. The minimum atomic E-state index is -0.679. The van der Waals surface area contributed by atoms with Crippen LogP contribution in [0, 0.1) is 11.6 Å². The molecule has 1 aromatic heterocycles. The average molecular weight is 485 g/mol. The van der Waals surface area contributed by atoms with Gasteiger partial charge in [0.1, 0.15) is 6.10 Å². The molecule has 1 unspecified atom stereocenters. The zero-order chi connectivity index (χ0) is 25.2. The highest BCUT2D eigenvalue weighted by Crippen LogP contribution is 2.26. The Morgan fingerprint density at radius 2 is 1.91 bits per heavy atom. The zero-order valence-electron chi connectivity index (χ0n) is 19.0. The molecule has 0 aliphatic carbocycles. The number of rotatable bonds is 8. The van der Waals surface area contributed by atoms with Gasteiger partial charge in [-0.05, 0) is 49.4 Å². The van der Waals surface area contributed by atoms with Gasteiger partial charge in [-0.2, -0.15) is 4.98 Å². The Labute approximate surface area is 201 Å². The quantitative estimate of drug-likeness (QED) is 0.307. The number of aliphatic hydroxyl groups is 1. The fraction of sp³-hybridized carbons (Fsp3) is 0.208. The van der Waals surface area contributed by atoms with Gasteiger partial charge in [0.2, 0.25) is 11.9 Å². The van der Waals surface area contributed by atoms with Crippen LogP contribution in [0.15, 0.2) is 61.3 Å². The predicted octanol–water partition coefficient (Wildman–Crippen LogP) is 3.72. The number of nitrogens with zero attached hydrogens (tertiary/aromatic N) is 2. The van der Waals surface area contributed by atoms with E-state index >= 15 is 0 Å². The zero-order valence-corrected chi connectivity index (χ0v) is 19.0. The molecule has 1 saturated heterocycles. The summed E-state index contributed by atoms with van der Waals surface area (Å²) in [4.78, 5) is 19.5. The molecule has 0 bridgehead atoms. The molecule has 1 aliphatic heterocycles. The first-order valence-electron chi connectivity index (χ1n) is 10.7. The number of amides is 1. The SMILES string of the molecule is C=CC(=O)Nc1cccc(Nc2nc(Nc3ccc(OC4CCNC4)c(F)c3)ncc2F)c1.CO. The van der Waals surface area contributed by atoms with E-state index in [0.29, 0.717) is 23.6 Å². The van der Waals surface area contributed by atoms with E-state index in [2.05, 4.69) is 37.8 Å².